The molecular weight excluding hydrogens is 312 g/mol. The molecule has 1 fully saturated rings. The fraction of sp³-hybridized carbons (Fsp3) is 0.500. The van der Waals surface area contributed by atoms with Crippen LogP contribution < -0.4 is 4.90 Å². The quantitative estimate of drug-likeness (QED) is 0.878. The molecule has 0 radical (unpaired) electrons. The standard InChI is InChI=1S/C20H28N4O/c1-4-5-9-19-21-11-17(22-19)13-23-14-20(25)24(12-16(23)3)18-8-6-7-15(2)10-18/h6-8,10-11,16H,4-5,9,12-14H2,1-3H3,(H,21,22)/t16-/m1/s1. The molecule has 1 aromatic carbocycles. The number of aromatic amines is 1. The Morgan fingerprint density at radius 2 is 2.20 bits per heavy atom. The first-order valence-corrected chi connectivity index (χ1v) is 9.20. The van der Waals surface area contributed by atoms with Gasteiger partial charge in [-0.3, -0.25) is 9.69 Å². The number of imidazole rings is 1. The van der Waals surface area contributed by atoms with Gasteiger partial charge in [0.1, 0.15) is 5.82 Å². The second-order valence-corrected chi connectivity index (χ2v) is 7.06. The number of carbonyl (C=O) groups excluding carboxylic acids is 1. The van der Waals surface area contributed by atoms with E-state index in [0.29, 0.717) is 12.6 Å². The van der Waals surface area contributed by atoms with Crippen molar-refractivity contribution in [1.82, 2.24) is 14.9 Å². The number of H-pyrrole nitrogens is 1. The van der Waals surface area contributed by atoms with E-state index in [1.165, 1.54) is 12.0 Å². The Morgan fingerprint density at radius 1 is 1.36 bits per heavy atom. The SMILES string of the molecule is CCCCc1ncc(CN2CC(=O)N(c3cccc(C)c3)C[C@H]2C)[nH]1. The number of aryl methyl sites for hydroxylation is 2. The summed E-state index contributed by atoms with van der Waals surface area (Å²) in [5.74, 6) is 1.21. The zero-order valence-corrected chi connectivity index (χ0v) is 15.5. The molecule has 3 rings (SSSR count). The van der Waals surface area contributed by atoms with Crippen LogP contribution in [0.2, 0.25) is 0 Å². The molecule has 1 aromatic heterocycles. The molecule has 0 saturated carbocycles. The van der Waals surface area contributed by atoms with Crippen LogP contribution in [0.4, 0.5) is 5.69 Å². The molecule has 0 bridgehead atoms. The molecule has 5 heteroatoms. The van der Waals surface area contributed by atoms with Gasteiger partial charge < -0.3 is 9.88 Å². The van der Waals surface area contributed by atoms with Crippen molar-refractivity contribution in [3.8, 4) is 0 Å². The lowest BCUT2D eigenvalue weighted by Crippen LogP contribution is -2.54. The first-order valence-electron chi connectivity index (χ1n) is 9.20. The average molecular weight is 340 g/mol. The maximum absolute atomic E-state index is 12.7. The van der Waals surface area contributed by atoms with Gasteiger partial charge in [-0.1, -0.05) is 25.5 Å². The summed E-state index contributed by atoms with van der Waals surface area (Å²) in [4.78, 5) is 24.7. The van der Waals surface area contributed by atoms with Gasteiger partial charge in [-0.25, -0.2) is 4.98 Å². The predicted octanol–water partition coefficient (Wildman–Crippen LogP) is 3.30. The van der Waals surface area contributed by atoms with Gasteiger partial charge in [0, 0.05) is 43.1 Å². The Bertz CT molecular complexity index is 724. The van der Waals surface area contributed by atoms with Crippen LogP contribution in [0, 0.1) is 6.92 Å². The highest BCUT2D eigenvalue weighted by atomic mass is 16.2. The Labute approximate surface area is 150 Å². The van der Waals surface area contributed by atoms with E-state index in [4.69, 9.17) is 0 Å². The van der Waals surface area contributed by atoms with Gasteiger partial charge in [-0.15, -0.1) is 0 Å². The van der Waals surface area contributed by atoms with Crippen molar-refractivity contribution in [2.45, 2.75) is 52.6 Å². The molecule has 0 aliphatic carbocycles. The van der Waals surface area contributed by atoms with E-state index in [-0.39, 0.29) is 5.91 Å². The lowest BCUT2D eigenvalue weighted by atomic mass is 10.1. The zero-order valence-electron chi connectivity index (χ0n) is 15.5. The zero-order chi connectivity index (χ0) is 17.8. The van der Waals surface area contributed by atoms with Crippen molar-refractivity contribution in [3.63, 3.8) is 0 Å². The van der Waals surface area contributed by atoms with E-state index in [1.54, 1.807) is 0 Å². The molecule has 1 amide bonds. The molecule has 25 heavy (non-hydrogen) atoms. The normalized spacial score (nSPS) is 18.8. The summed E-state index contributed by atoms with van der Waals surface area (Å²) in [6.45, 7) is 8.34. The number of aromatic nitrogens is 2. The molecule has 2 heterocycles. The van der Waals surface area contributed by atoms with E-state index in [2.05, 4.69) is 47.8 Å². The number of hydrogen-bond acceptors (Lipinski definition) is 3. The van der Waals surface area contributed by atoms with Crippen LogP contribution in [0.3, 0.4) is 0 Å². The average Bonchev–Trinajstić information content (AvgIpc) is 3.03. The van der Waals surface area contributed by atoms with Crippen molar-refractivity contribution in [1.29, 1.82) is 0 Å². The smallest absolute Gasteiger partial charge is 0.241 e. The third-order valence-electron chi connectivity index (χ3n) is 4.84. The summed E-state index contributed by atoms with van der Waals surface area (Å²) < 4.78 is 0. The lowest BCUT2D eigenvalue weighted by molar-refractivity contribution is -0.122. The molecule has 134 valence electrons. The molecule has 1 atom stereocenters. The fourth-order valence-corrected chi connectivity index (χ4v) is 3.33. The number of anilines is 1. The third-order valence-corrected chi connectivity index (χ3v) is 4.84. The summed E-state index contributed by atoms with van der Waals surface area (Å²) >= 11 is 0. The number of nitrogens with zero attached hydrogens (tertiary/aromatic N) is 3. The summed E-state index contributed by atoms with van der Waals surface area (Å²) in [6, 6.07) is 8.47. The van der Waals surface area contributed by atoms with Crippen LogP contribution in [-0.4, -0.2) is 39.9 Å². The predicted molar refractivity (Wildman–Crippen MR) is 101 cm³/mol. The molecule has 5 nitrogen and oxygen atoms in total. The highest BCUT2D eigenvalue weighted by Crippen LogP contribution is 2.22. The number of carbonyl (C=O) groups is 1. The number of rotatable bonds is 6. The van der Waals surface area contributed by atoms with Gasteiger partial charge in [-0.2, -0.15) is 0 Å². The molecule has 1 saturated heterocycles. The maximum atomic E-state index is 12.7. The number of unbranched alkanes of at least 4 members (excludes halogenated alkanes) is 1. The Balaban J connectivity index is 1.64. The number of piperazine rings is 1. The van der Waals surface area contributed by atoms with E-state index >= 15 is 0 Å². The van der Waals surface area contributed by atoms with Gasteiger partial charge in [-0.05, 0) is 38.0 Å². The van der Waals surface area contributed by atoms with Crippen molar-refractivity contribution in [3.05, 3.63) is 47.5 Å². The van der Waals surface area contributed by atoms with E-state index in [1.807, 2.05) is 23.2 Å². The summed E-state index contributed by atoms with van der Waals surface area (Å²) in [7, 11) is 0. The van der Waals surface area contributed by atoms with Crippen molar-refractivity contribution < 1.29 is 4.79 Å². The van der Waals surface area contributed by atoms with Crippen LogP contribution in [-0.2, 0) is 17.8 Å². The van der Waals surface area contributed by atoms with Gasteiger partial charge in [0.25, 0.3) is 0 Å². The van der Waals surface area contributed by atoms with Crippen molar-refractivity contribution in [2.75, 3.05) is 18.0 Å². The molecule has 1 N–H and O–H groups in total. The first-order chi connectivity index (χ1) is 12.1. The Kier molecular flexibility index (Phi) is 5.53. The maximum Gasteiger partial charge on any atom is 0.241 e. The van der Waals surface area contributed by atoms with Gasteiger partial charge >= 0.3 is 0 Å². The van der Waals surface area contributed by atoms with Crippen LogP contribution in [0.15, 0.2) is 30.5 Å². The highest BCUT2D eigenvalue weighted by molar-refractivity contribution is 5.95. The second kappa shape index (κ2) is 7.83. The van der Waals surface area contributed by atoms with Crippen molar-refractivity contribution in [2.24, 2.45) is 0 Å². The van der Waals surface area contributed by atoms with Crippen LogP contribution in [0.1, 0.15) is 43.8 Å². The van der Waals surface area contributed by atoms with E-state index in [9.17, 15) is 4.79 Å². The number of amides is 1. The minimum Gasteiger partial charge on any atom is -0.345 e. The Hall–Kier alpha value is -2.14. The number of benzene rings is 1. The number of nitrogens with one attached hydrogen (secondary N) is 1. The molecule has 1 aliphatic heterocycles. The molecule has 1 aliphatic rings. The largest absolute Gasteiger partial charge is 0.345 e. The van der Waals surface area contributed by atoms with Gasteiger partial charge in [0.2, 0.25) is 5.91 Å². The Morgan fingerprint density at radius 3 is 2.96 bits per heavy atom. The lowest BCUT2D eigenvalue weighted by Gasteiger charge is -2.39. The summed E-state index contributed by atoms with van der Waals surface area (Å²) in [5, 5.41) is 0. The minimum atomic E-state index is 0.162. The molecule has 0 unspecified atom stereocenters. The van der Waals surface area contributed by atoms with Crippen molar-refractivity contribution >= 4 is 11.6 Å². The second-order valence-electron chi connectivity index (χ2n) is 7.06. The topological polar surface area (TPSA) is 52.2 Å². The van der Waals surface area contributed by atoms with Crippen LogP contribution in [0.25, 0.3) is 0 Å². The third kappa shape index (κ3) is 4.28. The fourth-order valence-electron chi connectivity index (χ4n) is 3.33. The van der Waals surface area contributed by atoms with E-state index < -0.39 is 0 Å². The monoisotopic (exact) mass is 340 g/mol. The minimum absolute atomic E-state index is 0.162. The first kappa shape index (κ1) is 17.7. The number of hydrogen-bond donors (Lipinski definition) is 1. The van der Waals surface area contributed by atoms with Gasteiger partial charge in [0.15, 0.2) is 0 Å². The summed E-state index contributed by atoms with van der Waals surface area (Å²) in [5.41, 5.74) is 3.27. The van der Waals surface area contributed by atoms with E-state index in [0.717, 1.165) is 43.1 Å². The highest BCUT2D eigenvalue weighted by Gasteiger charge is 2.30. The molecule has 2 aromatic rings. The van der Waals surface area contributed by atoms with Crippen LogP contribution >= 0.6 is 0 Å². The summed E-state index contributed by atoms with van der Waals surface area (Å²) in [6.07, 6.45) is 5.22. The van der Waals surface area contributed by atoms with Gasteiger partial charge in [0.05, 0.1) is 6.54 Å². The van der Waals surface area contributed by atoms with Crippen LogP contribution in [0.5, 0.6) is 0 Å². The molecule has 0 spiro atoms. The molecular formula is C20H28N4O.